The van der Waals surface area contributed by atoms with Gasteiger partial charge in [0.25, 0.3) is 0 Å². The first kappa shape index (κ1) is 13.0. The second-order valence-corrected chi connectivity index (χ2v) is 4.34. The number of rotatable bonds is 3. The molecule has 98 valence electrons. The van der Waals surface area contributed by atoms with Gasteiger partial charge < -0.3 is 5.11 Å². The molecule has 0 aliphatic carbocycles. The van der Waals surface area contributed by atoms with Crippen LogP contribution in [0.25, 0.3) is 0 Å². The summed E-state index contributed by atoms with van der Waals surface area (Å²) < 4.78 is 1.24. The number of carboxylic acids is 1. The molecule has 0 fully saturated rings. The molecule has 2 aromatic heterocycles. The highest BCUT2D eigenvalue weighted by Gasteiger charge is 2.10. The van der Waals surface area contributed by atoms with E-state index in [2.05, 4.69) is 20.1 Å². The smallest absolute Gasteiger partial charge is 0.356 e. The van der Waals surface area contributed by atoms with Gasteiger partial charge in [0.2, 0.25) is 0 Å². The lowest BCUT2D eigenvalue weighted by Crippen LogP contribution is -2.33. The lowest BCUT2D eigenvalue weighted by Gasteiger charge is -2.04. The Morgan fingerprint density at radius 1 is 1.37 bits per heavy atom. The van der Waals surface area contributed by atoms with Crippen LogP contribution in [0.4, 0.5) is 0 Å². The molecule has 0 aliphatic heterocycles. The Balaban J connectivity index is 2.39. The summed E-state index contributed by atoms with van der Waals surface area (Å²) in [4.78, 5) is 44.0. The van der Waals surface area contributed by atoms with E-state index >= 15 is 0 Å². The molecule has 0 saturated heterocycles. The highest BCUT2D eigenvalue weighted by molar-refractivity contribution is 7.99. The quantitative estimate of drug-likeness (QED) is 0.692. The Labute approximate surface area is 109 Å². The summed E-state index contributed by atoms with van der Waals surface area (Å²) >= 11 is 0.913. The van der Waals surface area contributed by atoms with E-state index in [-0.39, 0.29) is 15.9 Å². The van der Waals surface area contributed by atoms with E-state index in [1.807, 2.05) is 0 Å². The minimum absolute atomic E-state index is 0.168. The van der Waals surface area contributed by atoms with E-state index in [1.165, 1.54) is 17.9 Å². The Kier molecular flexibility index (Phi) is 3.42. The fourth-order valence-corrected chi connectivity index (χ4v) is 1.90. The minimum Gasteiger partial charge on any atom is -0.476 e. The van der Waals surface area contributed by atoms with Crippen LogP contribution in [0.1, 0.15) is 10.5 Å². The topological polar surface area (TPSA) is 131 Å². The van der Waals surface area contributed by atoms with Gasteiger partial charge in [-0.25, -0.2) is 9.78 Å². The zero-order valence-electron chi connectivity index (χ0n) is 9.52. The van der Waals surface area contributed by atoms with Gasteiger partial charge in [0, 0.05) is 7.05 Å². The lowest BCUT2D eigenvalue weighted by molar-refractivity contribution is 0.0689. The van der Waals surface area contributed by atoms with Crippen molar-refractivity contribution in [2.24, 2.45) is 7.05 Å². The first-order valence-electron chi connectivity index (χ1n) is 4.88. The third kappa shape index (κ3) is 2.85. The predicted molar refractivity (Wildman–Crippen MR) is 63.2 cm³/mol. The second-order valence-electron chi connectivity index (χ2n) is 3.35. The van der Waals surface area contributed by atoms with Gasteiger partial charge in [0.15, 0.2) is 10.9 Å². The molecule has 19 heavy (non-hydrogen) atoms. The zero-order valence-corrected chi connectivity index (χ0v) is 10.3. The maximum Gasteiger partial charge on any atom is 0.356 e. The molecule has 0 radical (unpaired) electrons. The number of aryl methyl sites for hydroxylation is 1. The third-order valence-corrected chi connectivity index (χ3v) is 2.93. The molecule has 0 bridgehead atoms. The van der Waals surface area contributed by atoms with E-state index in [1.54, 1.807) is 0 Å². The van der Waals surface area contributed by atoms with E-state index < -0.39 is 17.1 Å². The number of nitrogens with zero attached hydrogens (tertiary/aromatic N) is 4. The van der Waals surface area contributed by atoms with Crippen LogP contribution in [0.5, 0.6) is 0 Å². The van der Waals surface area contributed by atoms with Crippen molar-refractivity contribution in [3.05, 3.63) is 38.8 Å². The molecule has 2 rings (SSSR count). The lowest BCUT2D eigenvalue weighted by atomic mass is 10.5. The van der Waals surface area contributed by atoms with Gasteiger partial charge in [0.05, 0.1) is 12.4 Å². The number of carboxylic acid groups (broad SMARTS) is 1. The Hall–Kier alpha value is -2.49. The van der Waals surface area contributed by atoms with Gasteiger partial charge in [-0.15, -0.1) is 0 Å². The molecular weight excluding hydrogens is 274 g/mol. The van der Waals surface area contributed by atoms with Gasteiger partial charge in [-0.2, -0.15) is 4.98 Å². The maximum absolute atomic E-state index is 11.1. The SMILES string of the molecule is Cn1[nH]c(=O)c(=O)nc1Sc1cncc(C(=O)O)n1. The molecule has 0 amide bonds. The van der Waals surface area contributed by atoms with E-state index in [9.17, 15) is 14.4 Å². The van der Waals surface area contributed by atoms with Crippen molar-refractivity contribution in [2.75, 3.05) is 0 Å². The average Bonchev–Trinajstić information content (AvgIpc) is 2.36. The van der Waals surface area contributed by atoms with Crippen LogP contribution in [-0.2, 0) is 7.05 Å². The van der Waals surface area contributed by atoms with Gasteiger partial charge in [-0.1, -0.05) is 0 Å². The normalized spacial score (nSPS) is 10.4. The fourth-order valence-electron chi connectivity index (χ4n) is 1.15. The Morgan fingerprint density at radius 3 is 2.79 bits per heavy atom. The highest BCUT2D eigenvalue weighted by atomic mass is 32.2. The molecule has 2 aromatic rings. The van der Waals surface area contributed by atoms with E-state index in [4.69, 9.17) is 5.11 Å². The number of H-pyrrole nitrogens is 1. The van der Waals surface area contributed by atoms with Crippen LogP contribution in [0.2, 0.25) is 0 Å². The van der Waals surface area contributed by atoms with Crippen LogP contribution < -0.4 is 11.1 Å². The largest absolute Gasteiger partial charge is 0.476 e. The molecule has 0 unspecified atom stereocenters. The van der Waals surface area contributed by atoms with Crippen molar-refractivity contribution < 1.29 is 9.90 Å². The molecule has 0 aliphatic rings. The van der Waals surface area contributed by atoms with Crippen molar-refractivity contribution >= 4 is 17.7 Å². The molecule has 2 N–H and O–H groups in total. The molecule has 2 heterocycles. The average molecular weight is 281 g/mol. The summed E-state index contributed by atoms with van der Waals surface area (Å²) in [5.41, 5.74) is -1.99. The van der Waals surface area contributed by atoms with Gasteiger partial charge in [-0.05, 0) is 11.8 Å². The number of nitrogens with one attached hydrogen (secondary N) is 1. The first-order valence-corrected chi connectivity index (χ1v) is 5.69. The molecule has 0 spiro atoms. The summed E-state index contributed by atoms with van der Waals surface area (Å²) in [5, 5.41) is 11.5. The summed E-state index contributed by atoms with van der Waals surface area (Å²) in [5.74, 6) is -1.21. The van der Waals surface area contributed by atoms with Crippen LogP contribution in [0.15, 0.2) is 32.2 Å². The van der Waals surface area contributed by atoms with Gasteiger partial charge in [0.1, 0.15) is 5.03 Å². The third-order valence-electron chi connectivity index (χ3n) is 1.98. The summed E-state index contributed by atoms with van der Waals surface area (Å²) in [6.45, 7) is 0. The van der Waals surface area contributed by atoms with Crippen LogP contribution in [0, 0.1) is 0 Å². The highest BCUT2D eigenvalue weighted by Crippen LogP contribution is 2.21. The van der Waals surface area contributed by atoms with Crippen molar-refractivity contribution in [3.63, 3.8) is 0 Å². The van der Waals surface area contributed by atoms with Crippen molar-refractivity contribution in [1.82, 2.24) is 24.7 Å². The number of hydrogen-bond acceptors (Lipinski definition) is 7. The number of hydrogen-bond donors (Lipinski definition) is 2. The molecule has 0 aromatic carbocycles. The van der Waals surface area contributed by atoms with E-state index in [0.29, 0.717) is 0 Å². The molecule has 10 heteroatoms. The summed E-state index contributed by atoms with van der Waals surface area (Å²) in [7, 11) is 1.49. The van der Waals surface area contributed by atoms with Gasteiger partial charge >= 0.3 is 17.1 Å². The van der Waals surface area contributed by atoms with Crippen molar-refractivity contribution in [3.8, 4) is 0 Å². The minimum atomic E-state index is -1.21. The number of aromatic amines is 1. The number of carbonyl (C=O) groups is 1. The molecule has 0 atom stereocenters. The molecular formula is C9H7N5O4S. The van der Waals surface area contributed by atoms with Crippen molar-refractivity contribution in [2.45, 2.75) is 10.2 Å². The zero-order chi connectivity index (χ0) is 14.0. The van der Waals surface area contributed by atoms with Crippen LogP contribution in [-0.4, -0.2) is 35.8 Å². The van der Waals surface area contributed by atoms with E-state index in [0.717, 1.165) is 18.0 Å². The Morgan fingerprint density at radius 2 is 2.11 bits per heavy atom. The Bertz CT molecular complexity index is 753. The predicted octanol–water partition coefficient (Wildman–Crippen LogP) is -0.892. The van der Waals surface area contributed by atoms with Crippen molar-refractivity contribution in [1.29, 1.82) is 0 Å². The number of aromatic carboxylic acids is 1. The maximum atomic E-state index is 11.1. The molecule has 0 saturated carbocycles. The second kappa shape index (κ2) is 5.02. The summed E-state index contributed by atoms with van der Waals surface area (Å²) in [6.07, 6.45) is 2.43. The monoisotopic (exact) mass is 281 g/mol. The summed E-state index contributed by atoms with van der Waals surface area (Å²) in [6, 6.07) is 0. The van der Waals surface area contributed by atoms with Crippen LogP contribution >= 0.6 is 11.8 Å². The number of aromatic nitrogens is 5. The standard InChI is InChI=1S/C9H7N5O4S/c1-14-9(12-6(15)7(16)13-14)19-5-3-10-2-4(11-5)8(17)18/h2-3H,1H3,(H,13,16)(H,17,18). The van der Waals surface area contributed by atoms with Crippen LogP contribution in [0.3, 0.4) is 0 Å². The molecule has 9 nitrogen and oxygen atoms in total. The fraction of sp³-hybridized carbons (Fsp3) is 0.111. The first-order chi connectivity index (χ1) is 8.97. The van der Waals surface area contributed by atoms with Gasteiger partial charge in [-0.3, -0.25) is 24.4 Å².